The number of nitrogens with two attached hydrogens (primary N) is 1. The minimum absolute atomic E-state index is 0.0954. The second-order valence-electron chi connectivity index (χ2n) is 3.89. The van der Waals surface area contributed by atoms with Gasteiger partial charge in [-0.1, -0.05) is 48.5 Å². The van der Waals surface area contributed by atoms with Gasteiger partial charge in [0.2, 0.25) is 5.78 Å². The van der Waals surface area contributed by atoms with Gasteiger partial charge in [-0.2, -0.15) is 0 Å². The van der Waals surface area contributed by atoms with Crippen LogP contribution in [0.25, 0.3) is 0 Å². The van der Waals surface area contributed by atoms with Crippen molar-refractivity contribution >= 4 is 5.78 Å². The Morgan fingerprint density at radius 2 is 1.56 bits per heavy atom. The number of ether oxygens (including phenoxy) is 1. The lowest BCUT2D eigenvalue weighted by Gasteiger charge is -2.16. The van der Waals surface area contributed by atoms with E-state index in [4.69, 9.17) is 10.5 Å². The number of hydrogen-bond donors (Lipinski definition) is 1. The van der Waals surface area contributed by atoms with Gasteiger partial charge in [-0.3, -0.25) is 4.79 Å². The van der Waals surface area contributed by atoms with Crippen LogP contribution in [0.3, 0.4) is 0 Å². The average Bonchev–Trinajstić information content (AvgIpc) is 2.46. The van der Waals surface area contributed by atoms with E-state index >= 15 is 0 Å². The standard InChI is InChI=1S/C15H15NO2/c16-11-14(18-13-9-5-2-6-10-13)15(17)12-7-3-1-4-8-12/h1-10,14H,11,16H2. The fourth-order valence-electron chi connectivity index (χ4n) is 1.66. The zero-order chi connectivity index (χ0) is 12.8. The minimum Gasteiger partial charge on any atom is -0.481 e. The summed E-state index contributed by atoms with van der Waals surface area (Å²) in [7, 11) is 0. The lowest BCUT2D eigenvalue weighted by molar-refractivity contribution is 0.0804. The highest BCUT2D eigenvalue weighted by molar-refractivity contribution is 5.99. The van der Waals surface area contributed by atoms with Gasteiger partial charge in [0.25, 0.3) is 0 Å². The summed E-state index contributed by atoms with van der Waals surface area (Å²) < 4.78 is 5.61. The summed E-state index contributed by atoms with van der Waals surface area (Å²) in [5.74, 6) is 0.555. The predicted octanol–water partition coefficient (Wildman–Crippen LogP) is 2.28. The minimum atomic E-state index is -0.644. The zero-order valence-corrected chi connectivity index (χ0v) is 9.95. The van der Waals surface area contributed by atoms with Crippen LogP contribution in [0.1, 0.15) is 10.4 Å². The molecule has 0 heterocycles. The van der Waals surface area contributed by atoms with Crippen molar-refractivity contribution in [1.29, 1.82) is 0 Å². The third kappa shape index (κ3) is 2.96. The monoisotopic (exact) mass is 241 g/mol. The van der Waals surface area contributed by atoms with Crippen LogP contribution < -0.4 is 10.5 Å². The molecule has 2 rings (SSSR count). The highest BCUT2D eigenvalue weighted by Gasteiger charge is 2.19. The molecule has 0 spiro atoms. The van der Waals surface area contributed by atoms with Gasteiger partial charge in [0.05, 0.1) is 0 Å². The molecule has 3 nitrogen and oxygen atoms in total. The fourth-order valence-corrected chi connectivity index (χ4v) is 1.66. The van der Waals surface area contributed by atoms with Crippen LogP contribution in [0.15, 0.2) is 60.7 Å². The highest BCUT2D eigenvalue weighted by atomic mass is 16.5. The maximum absolute atomic E-state index is 12.2. The molecule has 0 aromatic heterocycles. The molecular formula is C15H15NO2. The van der Waals surface area contributed by atoms with Crippen molar-refractivity contribution in [2.24, 2.45) is 5.73 Å². The number of para-hydroxylation sites is 1. The van der Waals surface area contributed by atoms with Gasteiger partial charge in [0, 0.05) is 12.1 Å². The molecule has 0 bridgehead atoms. The van der Waals surface area contributed by atoms with E-state index in [0.717, 1.165) is 0 Å². The average molecular weight is 241 g/mol. The Kier molecular flexibility index (Phi) is 4.10. The first kappa shape index (κ1) is 12.3. The van der Waals surface area contributed by atoms with E-state index in [1.807, 2.05) is 36.4 Å². The lowest BCUT2D eigenvalue weighted by Crippen LogP contribution is -2.35. The third-order valence-electron chi connectivity index (χ3n) is 2.59. The maximum atomic E-state index is 12.2. The van der Waals surface area contributed by atoms with Gasteiger partial charge in [0.15, 0.2) is 6.10 Å². The Hall–Kier alpha value is -2.13. The van der Waals surface area contributed by atoms with Crippen molar-refractivity contribution < 1.29 is 9.53 Å². The molecular weight excluding hydrogens is 226 g/mol. The number of ketones is 1. The summed E-state index contributed by atoms with van der Waals surface area (Å²) in [5, 5.41) is 0. The van der Waals surface area contributed by atoms with Crippen LogP contribution in [0.5, 0.6) is 5.75 Å². The fraction of sp³-hybridized carbons (Fsp3) is 0.133. The summed E-state index contributed by atoms with van der Waals surface area (Å²) in [5.41, 5.74) is 6.23. The predicted molar refractivity (Wildman–Crippen MR) is 70.7 cm³/mol. The number of rotatable bonds is 5. The van der Waals surface area contributed by atoms with E-state index in [1.165, 1.54) is 0 Å². The van der Waals surface area contributed by atoms with Crippen LogP contribution in [-0.2, 0) is 0 Å². The Morgan fingerprint density at radius 3 is 2.11 bits per heavy atom. The van der Waals surface area contributed by atoms with Gasteiger partial charge in [-0.25, -0.2) is 0 Å². The van der Waals surface area contributed by atoms with E-state index in [1.54, 1.807) is 24.3 Å². The van der Waals surface area contributed by atoms with Gasteiger partial charge in [0.1, 0.15) is 5.75 Å². The summed E-state index contributed by atoms with van der Waals surface area (Å²) in [6.45, 7) is 0.155. The molecule has 3 heteroatoms. The second-order valence-corrected chi connectivity index (χ2v) is 3.89. The van der Waals surface area contributed by atoms with E-state index < -0.39 is 6.10 Å². The Bertz CT molecular complexity index is 496. The quantitative estimate of drug-likeness (QED) is 0.817. The molecule has 2 N–H and O–H groups in total. The molecule has 0 saturated heterocycles. The summed E-state index contributed by atoms with van der Waals surface area (Å²) in [6.07, 6.45) is -0.644. The number of carbonyl (C=O) groups is 1. The zero-order valence-electron chi connectivity index (χ0n) is 9.95. The number of carbonyl (C=O) groups excluding carboxylic acids is 1. The summed E-state index contributed by atoms with van der Waals surface area (Å²) in [6, 6.07) is 18.3. The second kappa shape index (κ2) is 5.98. The van der Waals surface area contributed by atoms with Crippen LogP contribution in [0.2, 0.25) is 0 Å². The van der Waals surface area contributed by atoms with Crippen LogP contribution in [-0.4, -0.2) is 18.4 Å². The van der Waals surface area contributed by atoms with E-state index in [-0.39, 0.29) is 12.3 Å². The molecule has 2 aromatic rings. The first-order valence-corrected chi connectivity index (χ1v) is 5.82. The van der Waals surface area contributed by atoms with Crippen molar-refractivity contribution in [3.05, 3.63) is 66.2 Å². The number of hydrogen-bond acceptors (Lipinski definition) is 3. The normalized spacial score (nSPS) is 11.8. The molecule has 18 heavy (non-hydrogen) atoms. The molecule has 0 aliphatic rings. The molecule has 0 saturated carbocycles. The molecule has 0 amide bonds. The first-order chi connectivity index (χ1) is 8.81. The van der Waals surface area contributed by atoms with Crippen molar-refractivity contribution in [2.75, 3.05) is 6.54 Å². The van der Waals surface area contributed by atoms with E-state index in [0.29, 0.717) is 11.3 Å². The lowest BCUT2D eigenvalue weighted by atomic mass is 10.1. The number of Topliss-reactive ketones (excluding diaryl/α,β-unsaturated/α-hetero) is 1. The topological polar surface area (TPSA) is 52.3 Å². The SMILES string of the molecule is NCC(Oc1ccccc1)C(=O)c1ccccc1. The highest BCUT2D eigenvalue weighted by Crippen LogP contribution is 2.13. The molecule has 1 atom stereocenters. The first-order valence-electron chi connectivity index (χ1n) is 5.82. The molecule has 92 valence electrons. The van der Waals surface area contributed by atoms with E-state index in [9.17, 15) is 4.79 Å². The number of benzene rings is 2. The molecule has 2 aromatic carbocycles. The molecule has 0 aliphatic carbocycles. The Balaban J connectivity index is 2.12. The van der Waals surface area contributed by atoms with Crippen molar-refractivity contribution in [3.8, 4) is 5.75 Å². The smallest absolute Gasteiger partial charge is 0.204 e. The van der Waals surface area contributed by atoms with E-state index in [2.05, 4.69) is 0 Å². The Labute approximate surface area is 106 Å². The summed E-state index contributed by atoms with van der Waals surface area (Å²) in [4.78, 5) is 12.2. The van der Waals surface area contributed by atoms with Gasteiger partial charge in [-0.15, -0.1) is 0 Å². The molecule has 0 aliphatic heterocycles. The largest absolute Gasteiger partial charge is 0.481 e. The summed E-state index contributed by atoms with van der Waals surface area (Å²) >= 11 is 0. The van der Waals surface area contributed by atoms with Crippen LogP contribution in [0, 0.1) is 0 Å². The van der Waals surface area contributed by atoms with Crippen molar-refractivity contribution in [1.82, 2.24) is 0 Å². The van der Waals surface area contributed by atoms with Gasteiger partial charge >= 0.3 is 0 Å². The molecule has 0 radical (unpaired) electrons. The third-order valence-corrected chi connectivity index (χ3v) is 2.59. The van der Waals surface area contributed by atoms with Gasteiger partial charge < -0.3 is 10.5 Å². The van der Waals surface area contributed by atoms with Crippen LogP contribution in [0.4, 0.5) is 0 Å². The van der Waals surface area contributed by atoms with Crippen LogP contribution >= 0.6 is 0 Å². The Morgan fingerprint density at radius 1 is 1.00 bits per heavy atom. The van der Waals surface area contributed by atoms with Crippen molar-refractivity contribution in [3.63, 3.8) is 0 Å². The maximum Gasteiger partial charge on any atom is 0.204 e. The van der Waals surface area contributed by atoms with Crippen molar-refractivity contribution in [2.45, 2.75) is 6.10 Å². The molecule has 1 unspecified atom stereocenters. The molecule has 0 fully saturated rings. The van der Waals surface area contributed by atoms with Gasteiger partial charge in [-0.05, 0) is 12.1 Å².